The molecule has 1 aromatic carbocycles. The molecule has 0 spiro atoms. The quantitative estimate of drug-likeness (QED) is 0.796. The topological polar surface area (TPSA) is 71.1 Å². The van der Waals surface area contributed by atoms with Gasteiger partial charge in [0.2, 0.25) is 0 Å². The molecule has 0 saturated carbocycles. The molecule has 0 aliphatic heterocycles. The Morgan fingerprint density at radius 3 is 2.57 bits per heavy atom. The zero-order valence-corrected chi connectivity index (χ0v) is 13.6. The number of anilines is 1. The Morgan fingerprint density at radius 2 is 1.87 bits per heavy atom. The summed E-state index contributed by atoms with van der Waals surface area (Å²) >= 11 is 5.88. The molecular weight excluding hydrogens is 314 g/mol. The van der Waals surface area contributed by atoms with Crippen LogP contribution in [0.2, 0.25) is 5.02 Å². The molecule has 120 valence electrons. The number of hydrogen-bond acceptors (Lipinski definition) is 3. The van der Waals surface area contributed by atoms with Gasteiger partial charge in [0.15, 0.2) is 0 Å². The molecule has 0 aliphatic rings. The maximum atomic E-state index is 12.2. The van der Waals surface area contributed by atoms with E-state index in [-0.39, 0.29) is 11.8 Å². The predicted octanol–water partition coefficient (Wildman–Crippen LogP) is 3.52. The van der Waals surface area contributed by atoms with E-state index < -0.39 is 0 Å². The van der Waals surface area contributed by atoms with Crippen LogP contribution in [0.25, 0.3) is 0 Å². The van der Waals surface area contributed by atoms with E-state index >= 15 is 0 Å². The zero-order chi connectivity index (χ0) is 16.7. The molecular formula is C17H18ClN3O2. The van der Waals surface area contributed by atoms with Crippen LogP contribution in [0.1, 0.15) is 40.5 Å². The molecule has 2 amide bonds. The molecule has 0 aliphatic carbocycles. The number of carbonyl (C=O) groups excluding carboxylic acids is 2. The second-order valence-electron chi connectivity index (χ2n) is 5.04. The maximum absolute atomic E-state index is 12.2. The third-order valence-electron chi connectivity index (χ3n) is 3.16. The second kappa shape index (κ2) is 8.29. The van der Waals surface area contributed by atoms with Crippen LogP contribution < -0.4 is 10.6 Å². The van der Waals surface area contributed by atoms with Crippen molar-refractivity contribution >= 4 is 29.1 Å². The lowest BCUT2D eigenvalue weighted by Gasteiger charge is -2.07. The molecule has 5 nitrogen and oxygen atoms in total. The molecule has 0 atom stereocenters. The summed E-state index contributed by atoms with van der Waals surface area (Å²) in [5.41, 5.74) is 1.26. The van der Waals surface area contributed by atoms with Gasteiger partial charge in [0.1, 0.15) is 0 Å². The SMILES string of the molecule is CCCCNC(=O)c1cncc(C(=O)Nc2cccc(Cl)c2)c1. The summed E-state index contributed by atoms with van der Waals surface area (Å²) in [5, 5.41) is 6.05. The van der Waals surface area contributed by atoms with Gasteiger partial charge in [0.05, 0.1) is 11.1 Å². The minimum atomic E-state index is -0.344. The molecule has 1 aromatic heterocycles. The summed E-state index contributed by atoms with van der Waals surface area (Å²) in [7, 11) is 0. The Balaban J connectivity index is 2.06. The molecule has 0 saturated heterocycles. The third kappa shape index (κ3) is 5.07. The minimum absolute atomic E-state index is 0.233. The van der Waals surface area contributed by atoms with E-state index in [0.717, 1.165) is 12.8 Å². The Kier molecular flexibility index (Phi) is 6.11. The highest BCUT2D eigenvalue weighted by molar-refractivity contribution is 6.31. The summed E-state index contributed by atoms with van der Waals surface area (Å²) in [5.74, 6) is -0.577. The highest BCUT2D eigenvalue weighted by Gasteiger charge is 2.11. The minimum Gasteiger partial charge on any atom is -0.352 e. The van der Waals surface area contributed by atoms with Gasteiger partial charge in [-0.2, -0.15) is 0 Å². The fourth-order valence-corrected chi connectivity index (χ4v) is 2.13. The number of carbonyl (C=O) groups is 2. The van der Waals surface area contributed by atoms with Crippen LogP contribution in [0.4, 0.5) is 5.69 Å². The van der Waals surface area contributed by atoms with Gasteiger partial charge < -0.3 is 10.6 Å². The average molecular weight is 332 g/mol. The number of pyridine rings is 1. The standard InChI is InChI=1S/C17H18ClN3O2/c1-2-3-7-20-16(22)12-8-13(11-19-10-12)17(23)21-15-6-4-5-14(18)9-15/h4-6,8-11H,2-3,7H2,1H3,(H,20,22)(H,21,23). The predicted molar refractivity (Wildman–Crippen MR) is 90.9 cm³/mol. The third-order valence-corrected chi connectivity index (χ3v) is 3.40. The Labute approximate surface area is 140 Å². The van der Waals surface area contributed by atoms with Crippen LogP contribution in [-0.4, -0.2) is 23.3 Å². The van der Waals surface area contributed by atoms with Crippen molar-refractivity contribution in [3.05, 3.63) is 58.9 Å². The zero-order valence-electron chi connectivity index (χ0n) is 12.8. The van der Waals surface area contributed by atoms with Crippen molar-refractivity contribution in [3.63, 3.8) is 0 Å². The Bertz CT molecular complexity index is 704. The summed E-state index contributed by atoms with van der Waals surface area (Å²) in [6.45, 7) is 2.66. The Hall–Kier alpha value is -2.40. The van der Waals surface area contributed by atoms with Crippen molar-refractivity contribution < 1.29 is 9.59 Å². The van der Waals surface area contributed by atoms with E-state index in [2.05, 4.69) is 22.5 Å². The molecule has 2 rings (SSSR count). The molecule has 23 heavy (non-hydrogen) atoms. The number of nitrogens with zero attached hydrogens (tertiary/aromatic N) is 1. The molecule has 0 fully saturated rings. The van der Waals surface area contributed by atoms with Crippen LogP contribution in [0.3, 0.4) is 0 Å². The van der Waals surface area contributed by atoms with Gasteiger partial charge in [-0.1, -0.05) is 31.0 Å². The summed E-state index contributed by atoms with van der Waals surface area (Å²) in [6.07, 6.45) is 4.77. The fraction of sp³-hybridized carbons (Fsp3) is 0.235. The number of aromatic nitrogens is 1. The van der Waals surface area contributed by atoms with Crippen LogP contribution in [0.5, 0.6) is 0 Å². The normalized spacial score (nSPS) is 10.2. The highest BCUT2D eigenvalue weighted by atomic mass is 35.5. The number of amides is 2. The van der Waals surface area contributed by atoms with E-state index in [1.807, 2.05) is 0 Å². The number of benzene rings is 1. The Morgan fingerprint density at radius 1 is 1.13 bits per heavy atom. The summed E-state index contributed by atoms with van der Waals surface area (Å²) < 4.78 is 0. The first-order chi connectivity index (χ1) is 11.1. The lowest BCUT2D eigenvalue weighted by molar-refractivity contribution is 0.0953. The van der Waals surface area contributed by atoms with Crippen molar-refractivity contribution in [1.82, 2.24) is 10.3 Å². The van der Waals surface area contributed by atoms with Crippen molar-refractivity contribution in [2.75, 3.05) is 11.9 Å². The van der Waals surface area contributed by atoms with Gasteiger partial charge in [0, 0.05) is 29.6 Å². The number of nitrogens with one attached hydrogen (secondary N) is 2. The van der Waals surface area contributed by atoms with Crippen molar-refractivity contribution in [2.24, 2.45) is 0 Å². The lowest BCUT2D eigenvalue weighted by Crippen LogP contribution is -2.25. The van der Waals surface area contributed by atoms with Crippen LogP contribution >= 0.6 is 11.6 Å². The highest BCUT2D eigenvalue weighted by Crippen LogP contribution is 2.16. The van der Waals surface area contributed by atoms with E-state index in [9.17, 15) is 9.59 Å². The van der Waals surface area contributed by atoms with E-state index in [1.54, 1.807) is 24.3 Å². The van der Waals surface area contributed by atoms with Gasteiger partial charge >= 0.3 is 0 Å². The number of unbranched alkanes of at least 4 members (excludes halogenated alkanes) is 1. The first-order valence-corrected chi connectivity index (χ1v) is 7.78. The van der Waals surface area contributed by atoms with E-state index in [0.29, 0.717) is 28.4 Å². The van der Waals surface area contributed by atoms with Crippen molar-refractivity contribution in [2.45, 2.75) is 19.8 Å². The smallest absolute Gasteiger partial charge is 0.257 e. The molecule has 0 unspecified atom stereocenters. The largest absolute Gasteiger partial charge is 0.352 e. The average Bonchev–Trinajstić information content (AvgIpc) is 2.55. The molecule has 6 heteroatoms. The van der Waals surface area contributed by atoms with E-state index in [4.69, 9.17) is 11.6 Å². The molecule has 2 aromatic rings. The van der Waals surface area contributed by atoms with Crippen LogP contribution in [-0.2, 0) is 0 Å². The first kappa shape index (κ1) is 17.0. The van der Waals surface area contributed by atoms with Gasteiger partial charge in [-0.05, 0) is 30.7 Å². The molecule has 2 N–H and O–H groups in total. The summed E-state index contributed by atoms with van der Waals surface area (Å²) in [4.78, 5) is 28.2. The lowest BCUT2D eigenvalue weighted by atomic mass is 10.1. The first-order valence-electron chi connectivity index (χ1n) is 7.40. The number of rotatable bonds is 6. The van der Waals surface area contributed by atoms with Crippen molar-refractivity contribution in [3.8, 4) is 0 Å². The van der Waals surface area contributed by atoms with Gasteiger partial charge in [-0.3, -0.25) is 14.6 Å². The maximum Gasteiger partial charge on any atom is 0.257 e. The van der Waals surface area contributed by atoms with Gasteiger partial charge in [-0.25, -0.2) is 0 Å². The second-order valence-corrected chi connectivity index (χ2v) is 5.47. The summed E-state index contributed by atoms with van der Waals surface area (Å²) in [6, 6.07) is 8.37. The van der Waals surface area contributed by atoms with Crippen molar-refractivity contribution in [1.29, 1.82) is 0 Å². The van der Waals surface area contributed by atoms with Gasteiger partial charge in [-0.15, -0.1) is 0 Å². The number of halogens is 1. The van der Waals surface area contributed by atoms with Gasteiger partial charge in [0.25, 0.3) is 11.8 Å². The number of hydrogen-bond donors (Lipinski definition) is 2. The molecule has 0 radical (unpaired) electrons. The fourth-order valence-electron chi connectivity index (χ4n) is 1.94. The van der Waals surface area contributed by atoms with Crippen LogP contribution in [0.15, 0.2) is 42.7 Å². The molecule has 0 bridgehead atoms. The monoisotopic (exact) mass is 331 g/mol. The molecule has 1 heterocycles. The van der Waals surface area contributed by atoms with E-state index in [1.165, 1.54) is 18.5 Å². The van der Waals surface area contributed by atoms with Crippen LogP contribution in [0, 0.1) is 0 Å².